The molecule has 1 N–H and O–H groups in total. The van der Waals surface area contributed by atoms with Crippen LogP contribution in [0.3, 0.4) is 0 Å². The van der Waals surface area contributed by atoms with Crippen molar-refractivity contribution in [2.75, 3.05) is 7.05 Å². The summed E-state index contributed by atoms with van der Waals surface area (Å²) in [5, 5.41) is 2.94. The van der Waals surface area contributed by atoms with Gasteiger partial charge in [0.15, 0.2) is 0 Å². The summed E-state index contributed by atoms with van der Waals surface area (Å²) >= 11 is 0. The third kappa shape index (κ3) is 3.10. The van der Waals surface area contributed by atoms with Crippen molar-refractivity contribution in [1.29, 1.82) is 0 Å². The summed E-state index contributed by atoms with van der Waals surface area (Å²) in [5.74, 6) is 0.00633. The molecule has 0 saturated carbocycles. The number of hydrogen-bond donors (Lipinski definition) is 1. The van der Waals surface area contributed by atoms with Gasteiger partial charge < -0.3 is 9.73 Å². The van der Waals surface area contributed by atoms with Gasteiger partial charge in [-0.1, -0.05) is 6.07 Å². The number of nitrogens with one attached hydrogen (secondary N) is 1. The molecule has 0 aliphatic rings. The third-order valence-electron chi connectivity index (χ3n) is 3.31. The molecule has 0 bridgehead atoms. The maximum Gasteiger partial charge on any atom is 0.419 e. The lowest BCUT2D eigenvalue weighted by molar-refractivity contribution is -0.140. The number of benzene rings is 1. The second-order valence-corrected chi connectivity index (χ2v) is 4.83. The van der Waals surface area contributed by atoms with E-state index in [4.69, 9.17) is 4.42 Å². The Hall–Kier alpha value is -1.82. The maximum absolute atomic E-state index is 13.4. The van der Waals surface area contributed by atoms with Gasteiger partial charge in [-0.3, -0.25) is 0 Å². The summed E-state index contributed by atoms with van der Waals surface area (Å²) in [5.41, 5.74) is -0.206. The highest BCUT2D eigenvalue weighted by molar-refractivity contribution is 5.37. The number of aryl methyl sites for hydroxylation is 2. The monoisotopic (exact) mass is 301 g/mol. The van der Waals surface area contributed by atoms with Crippen LogP contribution in [0.15, 0.2) is 28.7 Å². The van der Waals surface area contributed by atoms with Crippen molar-refractivity contribution in [3.05, 3.63) is 58.3 Å². The van der Waals surface area contributed by atoms with Gasteiger partial charge in [-0.25, -0.2) is 4.39 Å². The topological polar surface area (TPSA) is 25.2 Å². The summed E-state index contributed by atoms with van der Waals surface area (Å²) in [7, 11) is 1.63. The molecule has 0 spiro atoms. The Labute approximate surface area is 119 Å². The summed E-state index contributed by atoms with van der Waals surface area (Å²) < 4.78 is 57.2. The highest BCUT2D eigenvalue weighted by atomic mass is 19.4. The summed E-state index contributed by atoms with van der Waals surface area (Å²) in [6, 6.07) is 4.27. The van der Waals surface area contributed by atoms with Crippen LogP contribution >= 0.6 is 0 Å². The van der Waals surface area contributed by atoms with E-state index in [1.165, 1.54) is 6.07 Å². The van der Waals surface area contributed by atoms with E-state index >= 15 is 0 Å². The van der Waals surface area contributed by atoms with Crippen LogP contribution in [-0.2, 0) is 6.18 Å². The van der Waals surface area contributed by atoms with Crippen LogP contribution < -0.4 is 5.32 Å². The largest absolute Gasteiger partial charge is 0.466 e. The highest BCUT2D eigenvalue weighted by Gasteiger charge is 2.35. The number of alkyl halides is 3. The molecule has 1 heterocycles. The molecule has 0 aliphatic carbocycles. The first-order valence-electron chi connectivity index (χ1n) is 6.35. The molecule has 0 radical (unpaired) electrons. The zero-order chi connectivity index (χ0) is 15.8. The minimum Gasteiger partial charge on any atom is -0.466 e. The molecule has 1 unspecified atom stereocenters. The molecule has 6 heteroatoms. The van der Waals surface area contributed by atoms with Gasteiger partial charge in [0.25, 0.3) is 0 Å². The molecule has 0 saturated heterocycles. The van der Waals surface area contributed by atoms with Gasteiger partial charge in [-0.05, 0) is 44.7 Å². The average Bonchev–Trinajstić information content (AvgIpc) is 2.70. The van der Waals surface area contributed by atoms with Gasteiger partial charge in [0.1, 0.15) is 17.3 Å². The lowest BCUT2D eigenvalue weighted by Gasteiger charge is -2.18. The molecular formula is C15H15F4NO. The van der Waals surface area contributed by atoms with Crippen LogP contribution in [0.1, 0.15) is 34.3 Å². The maximum atomic E-state index is 13.4. The zero-order valence-electron chi connectivity index (χ0n) is 11.8. The van der Waals surface area contributed by atoms with Crippen LogP contribution in [0.4, 0.5) is 17.6 Å². The second kappa shape index (κ2) is 5.52. The summed E-state index contributed by atoms with van der Waals surface area (Å²) in [4.78, 5) is 0. The Morgan fingerprint density at radius 2 is 1.81 bits per heavy atom. The van der Waals surface area contributed by atoms with Crippen LogP contribution in [0.25, 0.3) is 0 Å². The molecule has 1 atom stereocenters. The average molecular weight is 301 g/mol. The third-order valence-corrected chi connectivity index (χ3v) is 3.31. The van der Waals surface area contributed by atoms with E-state index in [-0.39, 0.29) is 0 Å². The van der Waals surface area contributed by atoms with Crippen molar-refractivity contribution in [2.45, 2.75) is 26.1 Å². The summed E-state index contributed by atoms with van der Waals surface area (Å²) in [6.45, 7) is 3.50. The van der Waals surface area contributed by atoms with Crippen molar-refractivity contribution >= 4 is 0 Å². The minimum atomic E-state index is -4.72. The van der Waals surface area contributed by atoms with E-state index < -0.39 is 23.6 Å². The molecule has 0 fully saturated rings. The van der Waals surface area contributed by atoms with Gasteiger partial charge in [0, 0.05) is 5.56 Å². The van der Waals surface area contributed by atoms with Crippen molar-refractivity contribution < 1.29 is 22.0 Å². The Balaban J connectivity index is 2.51. The van der Waals surface area contributed by atoms with Gasteiger partial charge in [0.2, 0.25) is 0 Å². The van der Waals surface area contributed by atoms with Crippen LogP contribution in [0.2, 0.25) is 0 Å². The number of furan rings is 1. The Bertz CT molecular complexity index is 646. The van der Waals surface area contributed by atoms with E-state index in [2.05, 4.69) is 5.32 Å². The predicted molar refractivity (Wildman–Crippen MR) is 70.5 cm³/mol. The lowest BCUT2D eigenvalue weighted by Crippen LogP contribution is -2.19. The van der Waals surface area contributed by atoms with Gasteiger partial charge >= 0.3 is 6.18 Å². The second-order valence-electron chi connectivity index (χ2n) is 4.83. The molecule has 2 nitrogen and oxygen atoms in total. The highest BCUT2D eigenvalue weighted by Crippen LogP contribution is 2.35. The predicted octanol–water partition coefficient (Wildman–Crippen LogP) is 4.36. The van der Waals surface area contributed by atoms with Crippen LogP contribution in [0.5, 0.6) is 0 Å². The van der Waals surface area contributed by atoms with Gasteiger partial charge in [0.05, 0.1) is 11.6 Å². The number of halogens is 4. The van der Waals surface area contributed by atoms with Gasteiger partial charge in [-0.2, -0.15) is 13.2 Å². The molecule has 2 aromatic rings. The SMILES string of the molecule is CNC(c1ccc(F)c(C(F)(F)F)c1)c1cc(C)oc1C. The van der Waals surface area contributed by atoms with E-state index in [1.807, 2.05) is 0 Å². The van der Waals surface area contributed by atoms with Crippen molar-refractivity contribution in [1.82, 2.24) is 5.32 Å². The lowest BCUT2D eigenvalue weighted by atomic mass is 9.97. The molecule has 114 valence electrons. The first-order valence-corrected chi connectivity index (χ1v) is 6.35. The first-order chi connectivity index (χ1) is 9.74. The molecule has 1 aromatic heterocycles. The molecule has 0 aliphatic heterocycles. The molecule has 0 amide bonds. The quantitative estimate of drug-likeness (QED) is 0.852. The van der Waals surface area contributed by atoms with Crippen LogP contribution in [0, 0.1) is 19.7 Å². The Morgan fingerprint density at radius 3 is 2.29 bits per heavy atom. The zero-order valence-corrected chi connectivity index (χ0v) is 11.8. The fourth-order valence-corrected chi connectivity index (χ4v) is 2.38. The summed E-state index contributed by atoms with van der Waals surface area (Å²) in [6.07, 6.45) is -4.72. The van der Waals surface area contributed by atoms with Crippen molar-refractivity contribution in [3.8, 4) is 0 Å². The normalized spacial score (nSPS) is 13.5. The first kappa shape index (κ1) is 15.6. The van der Waals surface area contributed by atoms with Gasteiger partial charge in [-0.15, -0.1) is 0 Å². The standard InChI is InChI=1S/C15H15F4NO/c1-8-6-11(9(2)21-8)14(20-3)10-4-5-13(16)12(7-10)15(17,18)19/h4-7,14,20H,1-3H3. The van der Waals surface area contributed by atoms with E-state index in [0.29, 0.717) is 17.1 Å². The minimum absolute atomic E-state index is 0.329. The number of rotatable bonds is 3. The molecule has 21 heavy (non-hydrogen) atoms. The fraction of sp³-hybridized carbons (Fsp3) is 0.333. The number of hydrogen-bond acceptors (Lipinski definition) is 2. The molecule has 1 aromatic carbocycles. The van der Waals surface area contributed by atoms with Crippen molar-refractivity contribution in [3.63, 3.8) is 0 Å². The Morgan fingerprint density at radius 1 is 1.14 bits per heavy atom. The van der Waals surface area contributed by atoms with E-state index in [1.54, 1.807) is 27.0 Å². The van der Waals surface area contributed by atoms with Crippen LogP contribution in [-0.4, -0.2) is 7.05 Å². The Kier molecular flexibility index (Phi) is 4.09. The van der Waals surface area contributed by atoms with Crippen molar-refractivity contribution in [2.24, 2.45) is 0 Å². The molecule has 2 rings (SSSR count). The fourth-order valence-electron chi connectivity index (χ4n) is 2.38. The smallest absolute Gasteiger partial charge is 0.419 e. The molecular weight excluding hydrogens is 286 g/mol. The van der Waals surface area contributed by atoms with E-state index in [9.17, 15) is 17.6 Å². The van der Waals surface area contributed by atoms with E-state index in [0.717, 1.165) is 17.7 Å².